The zero-order valence-electron chi connectivity index (χ0n) is 14.3. The fourth-order valence-electron chi connectivity index (χ4n) is 2.51. The minimum atomic E-state index is -3.81. The average molecular weight is 396 g/mol. The van der Waals surface area contributed by atoms with E-state index in [9.17, 15) is 13.2 Å². The van der Waals surface area contributed by atoms with Crippen molar-refractivity contribution in [1.29, 1.82) is 0 Å². The molecule has 9 heteroatoms. The first-order valence-electron chi connectivity index (χ1n) is 8.19. The van der Waals surface area contributed by atoms with Crippen LogP contribution >= 0.6 is 11.3 Å². The number of carbonyl (C=O) groups excluding carboxylic acids is 1. The summed E-state index contributed by atoms with van der Waals surface area (Å²) in [6.07, 6.45) is 0. The van der Waals surface area contributed by atoms with Gasteiger partial charge >= 0.3 is 0 Å². The lowest BCUT2D eigenvalue weighted by atomic mass is 10.3. The molecule has 1 aromatic heterocycles. The van der Waals surface area contributed by atoms with E-state index in [1.165, 1.54) is 23.5 Å². The van der Waals surface area contributed by atoms with Crippen LogP contribution in [-0.4, -0.2) is 44.9 Å². The van der Waals surface area contributed by atoms with Crippen molar-refractivity contribution < 1.29 is 22.7 Å². The Morgan fingerprint density at radius 2 is 2.00 bits per heavy atom. The molecule has 2 heterocycles. The van der Waals surface area contributed by atoms with Crippen LogP contribution < -0.4 is 14.8 Å². The van der Waals surface area contributed by atoms with Gasteiger partial charge in [-0.3, -0.25) is 4.79 Å². The van der Waals surface area contributed by atoms with Crippen LogP contribution in [-0.2, 0) is 21.4 Å². The van der Waals surface area contributed by atoms with Crippen LogP contribution in [0.2, 0.25) is 0 Å². The van der Waals surface area contributed by atoms with E-state index in [1.807, 2.05) is 17.5 Å². The number of fused-ring (bicyclic) bond motifs is 1. The maximum Gasteiger partial charge on any atom is 0.243 e. The van der Waals surface area contributed by atoms with Gasteiger partial charge in [0.25, 0.3) is 0 Å². The van der Waals surface area contributed by atoms with Gasteiger partial charge in [-0.1, -0.05) is 13.0 Å². The van der Waals surface area contributed by atoms with Gasteiger partial charge in [-0.25, -0.2) is 8.42 Å². The number of ether oxygens (including phenoxy) is 2. The second kappa shape index (κ2) is 8.07. The van der Waals surface area contributed by atoms with Crippen molar-refractivity contribution in [2.24, 2.45) is 0 Å². The third kappa shape index (κ3) is 4.17. The first-order chi connectivity index (χ1) is 12.5. The van der Waals surface area contributed by atoms with Crippen LogP contribution in [0.1, 0.15) is 11.8 Å². The highest BCUT2D eigenvalue weighted by Crippen LogP contribution is 2.33. The van der Waals surface area contributed by atoms with Crippen molar-refractivity contribution >= 4 is 27.3 Å². The molecule has 0 atom stereocenters. The Labute approximate surface area is 156 Å². The molecule has 0 fully saturated rings. The maximum absolute atomic E-state index is 12.9. The molecule has 0 saturated carbocycles. The van der Waals surface area contributed by atoms with Crippen LogP contribution in [0.25, 0.3) is 0 Å². The van der Waals surface area contributed by atoms with Crippen LogP contribution in [0.15, 0.2) is 40.6 Å². The van der Waals surface area contributed by atoms with Crippen molar-refractivity contribution in [2.75, 3.05) is 26.3 Å². The largest absolute Gasteiger partial charge is 0.486 e. The van der Waals surface area contributed by atoms with Crippen LogP contribution in [0.5, 0.6) is 11.5 Å². The molecule has 0 saturated heterocycles. The molecule has 0 aliphatic carbocycles. The number of sulfonamides is 1. The SMILES string of the molecule is CCN(CC(=O)NCc1cccs1)S(=O)(=O)c1ccc2c(c1)OCCO2. The molecule has 1 aromatic carbocycles. The number of hydrogen-bond donors (Lipinski definition) is 1. The number of nitrogens with zero attached hydrogens (tertiary/aromatic N) is 1. The predicted octanol–water partition coefficient (Wildman–Crippen LogP) is 1.85. The molecule has 1 amide bonds. The lowest BCUT2D eigenvalue weighted by Crippen LogP contribution is -2.40. The molecule has 3 rings (SSSR count). The number of benzene rings is 1. The van der Waals surface area contributed by atoms with Crippen molar-refractivity contribution in [1.82, 2.24) is 9.62 Å². The number of amides is 1. The molecule has 0 unspecified atom stereocenters. The summed E-state index contributed by atoms with van der Waals surface area (Å²) in [5, 5.41) is 4.67. The van der Waals surface area contributed by atoms with E-state index in [0.717, 1.165) is 9.18 Å². The Bertz CT molecular complexity index is 865. The summed E-state index contributed by atoms with van der Waals surface area (Å²) in [6.45, 7) is 2.84. The topological polar surface area (TPSA) is 84.9 Å². The number of thiophene rings is 1. The van der Waals surface area contributed by atoms with E-state index in [-0.39, 0.29) is 23.9 Å². The first-order valence-corrected chi connectivity index (χ1v) is 10.5. The zero-order chi connectivity index (χ0) is 18.6. The maximum atomic E-state index is 12.9. The second-order valence-corrected chi connectivity index (χ2v) is 8.56. The zero-order valence-corrected chi connectivity index (χ0v) is 15.9. The molecular formula is C17H20N2O5S2. The Kier molecular flexibility index (Phi) is 5.80. The van der Waals surface area contributed by atoms with Crippen LogP contribution in [0.3, 0.4) is 0 Å². The van der Waals surface area contributed by atoms with E-state index < -0.39 is 10.0 Å². The summed E-state index contributed by atoms with van der Waals surface area (Å²) in [7, 11) is -3.81. The standard InChI is InChI=1S/C17H20N2O5S2/c1-2-19(12-17(20)18-11-13-4-3-9-25-13)26(21,22)14-5-6-15-16(10-14)24-8-7-23-15/h3-6,9-10H,2,7-8,11-12H2,1H3,(H,18,20). The molecule has 26 heavy (non-hydrogen) atoms. The Morgan fingerprint density at radius 1 is 1.23 bits per heavy atom. The van der Waals surface area contributed by atoms with Gasteiger partial charge in [0.15, 0.2) is 11.5 Å². The van der Waals surface area contributed by atoms with Gasteiger partial charge in [0.2, 0.25) is 15.9 Å². The highest BCUT2D eigenvalue weighted by atomic mass is 32.2. The third-order valence-electron chi connectivity index (χ3n) is 3.86. The predicted molar refractivity (Wildman–Crippen MR) is 98.0 cm³/mol. The first kappa shape index (κ1) is 18.7. The molecule has 0 radical (unpaired) electrons. The lowest BCUT2D eigenvalue weighted by Gasteiger charge is -2.22. The lowest BCUT2D eigenvalue weighted by molar-refractivity contribution is -0.121. The van der Waals surface area contributed by atoms with Gasteiger partial charge < -0.3 is 14.8 Å². The van der Waals surface area contributed by atoms with Crippen molar-refractivity contribution in [2.45, 2.75) is 18.4 Å². The molecule has 7 nitrogen and oxygen atoms in total. The van der Waals surface area contributed by atoms with Crippen molar-refractivity contribution in [3.63, 3.8) is 0 Å². The third-order valence-corrected chi connectivity index (χ3v) is 6.66. The average Bonchev–Trinajstić information content (AvgIpc) is 3.17. The summed E-state index contributed by atoms with van der Waals surface area (Å²) >= 11 is 1.53. The molecule has 0 bridgehead atoms. The smallest absolute Gasteiger partial charge is 0.243 e. The van der Waals surface area contributed by atoms with E-state index in [2.05, 4.69) is 5.32 Å². The minimum Gasteiger partial charge on any atom is -0.486 e. The summed E-state index contributed by atoms with van der Waals surface area (Å²) in [5.41, 5.74) is 0. The molecule has 1 aliphatic heterocycles. The second-order valence-electron chi connectivity index (χ2n) is 5.59. The number of rotatable bonds is 7. The van der Waals surface area contributed by atoms with E-state index in [0.29, 0.717) is 31.3 Å². The van der Waals surface area contributed by atoms with Gasteiger partial charge in [0, 0.05) is 17.5 Å². The van der Waals surface area contributed by atoms with Gasteiger partial charge in [-0.05, 0) is 23.6 Å². The monoisotopic (exact) mass is 396 g/mol. The van der Waals surface area contributed by atoms with Gasteiger partial charge in [0.1, 0.15) is 13.2 Å². The quantitative estimate of drug-likeness (QED) is 0.772. The number of carbonyl (C=O) groups is 1. The highest BCUT2D eigenvalue weighted by Gasteiger charge is 2.27. The molecule has 1 aliphatic rings. The van der Waals surface area contributed by atoms with Crippen molar-refractivity contribution in [3.05, 3.63) is 40.6 Å². The Balaban J connectivity index is 1.70. The van der Waals surface area contributed by atoms with E-state index in [1.54, 1.807) is 13.0 Å². The molecule has 0 spiro atoms. The normalized spacial score (nSPS) is 13.6. The molecule has 140 valence electrons. The summed E-state index contributed by atoms with van der Waals surface area (Å²) in [5.74, 6) is 0.573. The van der Waals surface area contributed by atoms with E-state index >= 15 is 0 Å². The molecule has 2 aromatic rings. The Hall–Kier alpha value is -2.10. The van der Waals surface area contributed by atoms with Gasteiger partial charge in [0.05, 0.1) is 18.0 Å². The van der Waals surface area contributed by atoms with Crippen LogP contribution in [0, 0.1) is 0 Å². The number of nitrogens with one attached hydrogen (secondary N) is 1. The summed E-state index contributed by atoms with van der Waals surface area (Å²) in [6, 6.07) is 8.29. The molecular weight excluding hydrogens is 376 g/mol. The van der Waals surface area contributed by atoms with Crippen molar-refractivity contribution in [3.8, 4) is 11.5 Å². The minimum absolute atomic E-state index is 0.0784. The number of hydrogen-bond acceptors (Lipinski definition) is 6. The van der Waals surface area contributed by atoms with E-state index in [4.69, 9.17) is 9.47 Å². The summed E-state index contributed by atoms with van der Waals surface area (Å²) < 4.78 is 37.7. The fraction of sp³-hybridized carbons (Fsp3) is 0.353. The summed E-state index contributed by atoms with van der Waals surface area (Å²) in [4.78, 5) is 13.2. The van der Waals surface area contributed by atoms with Gasteiger partial charge in [-0.2, -0.15) is 4.31 Å². The van der Waals surface area contributed by atoms with Gasteiger partial charge in [-0.15, -0.1) is 11.3 Å². The van der Waals surface area contributed by atoms with Crippen LogP contribution in [0.4, 0.5) is 0 Å². The Morgan fingerprint density at radius 3 is 2.69 bits per heavy atom. The fourth-order valence-corrected chi connectivity index (χ4v) is 4.58. The molecule has 1 N–H and O–H groups in total. The highest BCUT2D eigenvalue weighted by molar-refractivity contribution is 7.89. The number of likely N-dealkylation sites (N-methyl/N-ethyl adjacent to an activating group) is 1.